The number of nitrogens with one attached hydrogen (secondary N) is 1. The van der Waals surface area contributed by atoms with Crippen LogP contribution in [0.15, 0.2) is 33.6 Å². The summed E-state index contributed by atoms with van der Waals surface area (Å²) in [5.74, 6) is 0.306. The SMILES string of the molecule is Cc1nnc(C(CC(C)C)NS(=O)(=O)c2ccc(F)cc2)o1. The maximum atomic E-state index is 12.9. The van der Waals surface area contributed by atoms with E-state index < -0.39 is 21.9 Å². The summed E-state index contributed by atoms with van der Waals surface area (Å²) in [6, 6.07) is 3.99. The van der Waals surface area contributed by atoms with Crippen molar-refractivity contribution >= 4 is 10.0 Å². The van der Waals surface area contributed by atoms with Gasteiger partial charge in [0.1, 0.15) is 11.9 Å². The summed E-state index contributed by atoms with van der Waals surface area (Å²) >= 11 is 0. The minimum Gasteiger partial charge on any atom is -0.424 e. The van der Waals surface area contributed by atoms with Crippen molar-refractivity contribution in [2.45, 2.75) is 38.1 Å². The second-order valence-electron chi connectivity index (χ2n) is 5.42. The molecule has 0 aliphatic heterocycles. The fraction of sp³-hybridized carbons (Fsp3) is 0.429. The Kier molecular flexibility index (Phi) is 4.92. The van der Waals surface area contributed by atoms with Gasteiger partial charge in [-0.25, -0.2) is 12.8 Å². The van der Waals surface area contributed by atoms with E-state index in [1.807, 2.05) is 13.8 Å². The minimum absolute atomic E-state index is 0.0149. The second-order valence-corrected chi connectivity index (χ2v) is 7.13. The van der Waals surface area contributed by atoms with Gasteiger partial charge in [0.2, 0.25) is 21.8 Å². The molecule has 0 bridgehead atoms. The van der Waals surface area contributed by atoms with Gasteiger partial charge in [-0.15, -0.1) is 10.2 Å². The fourth-order valence-electron chi connectivity index (χ4n) is 1.99. The Hall–Kier alpha value is -1.80. The van der Waals surface area contributed by atoms with Crippen molar-refractivity contribution in [1.82, 2.24) is 14.9 Å². The number of hydrogen-bond acceptors (Lipinski definition) is 5. The van der Waals surface area contributed by atoms with Crippen LogP contribution in [0.1, 0.15) is 38.1 Å². The highest BCUT2D eigenvalue weighted by molar-refractivity contribution is 7.89. The number of aromatic nitrogens is 2. The highest BCUT2D eigenvalue weighted by atomic mass is 32.2. The summed E-state index contributed by atoms with van der Waals surface area (Å²) < 4.78 is 45.6. The Morgan fingerprint density at radius 2 is 1.86 bits per heavy atom. The molecule has 120 valence electrons. The van der Waals surface area contributed by atoms with Crippen LogP contribution in [0, 0.1) is 18.7 Å². The van der Waals surface area contributed by atoms with Crippen molar-refractivity contribution in [3.63, 3.8) is 0 Å². The maximum absolute atomic E-state index is 12.9. The number of aryl methyl sites for hydroxylation is 1. The molecule has 0 saturated carbocycles. The van der Waals surface area contributed by atoms with Crippen LogP contribution in [0.4, 0.5) is 4.39 Å². The normalized spacial score (nSPS) is 13.5. The zero-order valence-corrected chi connectivity index (χ0v) is 13.4. The van der Waals surface area contributed by atoms with Crippen molar-refractivity contribution in [1.29, 1.82) is 0 Å². The van der Waals surface area contributed by atoms with Gasteiger partial charge in [-0.2, -0.15) is 4.72 Å². The molecule has 1 N–H and O–H groups in total. The zero-order chi connectivity index (χ0) is 16.3. The van der Waals surface area contributed by atoms with Crippen molar-refractivity contribution in [2.75, 3.05) is 0 Å². The summed E-state index contributed by atoms with van der Waals surface area (Å²) in [6.45, 7) is 5.56. The minimum atomic E-state index is -3.81. The molecule has 8 heteroatoms. The molecule has 0 spiro atoms. The van der Waals surface area contributed by atoms with Crippen LogP contribution < -0.4 is 4.72 Å². The highest BCUT2D eigenvalue weighted by Crippen LogP contribution is 2.23. The lowest BCUT2D eigenvalue weighted by atomic mass is 10.0. The summed E-state index contributed by atoms with van der Waals surface area (Å²) in [6.07, 6.45) is 0.502. The van der Waals surface area contributed by atoms with Crippen molar-refractivity contribution in [3.8, 4) is 0 Å². The van der Waals surface area contributed by atoms with Crippen molar-refractivity contribution < 1.29 is 17.2 Å². The Morgan fingerprint density at radius 3 is 2.36 bits per heavy atom. The quantitative estimate of drug-likeness (QED) is 0.881. The standard InChI is InChI=1S/C14H18FN3O3S/c1-9(2)8-13(14-17-16-10(3)21-14)18-22(19,20)12-6-4-11(15)5-7-12/h4-7,9,13,18H,8H2,1-3H3. The number of hydrogen-bond donors (Lipinski definition) is 1. The highest BCUT2D eigenvalue weighted by Gasteiger charge is 2.26. The summed E-state index contributed by atoms with van der Waals surface area (Å²) in [4.78, 5) is -0.0149. The Balaban J connectivity index is 2.27. The Morgan fingerprint density at radius 1 is 1.23 bits per heavy atom. The van der Waals surface area contributed by atoms with Crippen LogP contribution in [-0.4, -0.2) is 18.6 Å². The van der Waals surface area contributed by atoms with Crippen molar-refractivity contribution in [3.05, 3.63) is 41.9 Å². The predicted octanol–water partition coefficient (Wildman–Crippen LogP) is 2.58. The van der Waals surface area contributed by atoms with Crippen LogP contribution in [0.2, 0.25) is 0 Å². The first-order chi connectivity index (χ1) is 10.3. The average Bonchev–Trinajstić information content (AvgIpc) is 2.84. The number of rotatable bonds is 6. The molecule has 0 saturated heterocycles. The molecule has 0 amide bonds. The van der Waals surface area contributed by atoms with E-state index in [1.165, 1.54) is 12.1 Å². The average molecular weight is 327 g/mol. The molecule has 6 nitrogen and oxygen atoms in total. The van der Waals surface area contributed by atoms with E-state index in [0.29, 0.717) is 12.3 Å². The molecule has 1 atom stereocenters. The van der Waals surface area contributed by atoms with Gasteiger partial charge >= 0.3 is 0 Å². The molecule has 1 unspecified atom stereocenters. The van der Waals surface area contributed by atoms with Gasteiger partial charge in [0.25, 0.3) is 0 Å². The lowest BCUT2D eigenvalue weighted by Gasteiger charge is -2.17. The van der Waals surface area contributed by atoms with Gasteiger partial charge in [0.05, 0.1) is 4.90 Å². The van der Waals surface area contributed by atoms with Crippen LogP contribution in [0.3, 0.4) is 0 Å². The maximum Gasteiger partial charge on any atom is 0.241 e. The lowest BCUT2D eigenvalue weighted by molar-refractivity contribution is 0.372. The van der Waals surface area contributed by atoms with Crippen molar-refractivity contribution in [2.24, 2.45) is 5.92 Å². The fourth-order valence-corrected chi connectivity index (χ4v) is 3.19. The molecule has 2 aromatic rings. The van der Waals surface area contributed by atoms with Gasteiger partial charge in [0, 0.05) is 6.92 Å². The molecule has 22 heavy (non-hydrogen) atoms. The number of benzene rings is 1. The third-order valence-electron chi connectivity index (χ3n) is 2.97. The molecule has 1 heterocycles. The molecule has 1 aromatic heterocycles. The van der Waals surface area contributed by atoms with E-state index in [0.717, 1.165) is 12.1 Å². The van der Waals surface area contributed by atoms with Crippen LogP contribution in [-0.2, 0) is 10.0 Å². The Bertz CT molecular complexity index is 726. The van der Waals surface area contributed by atoms with Crippen LogP contribution >= 0.6 is 0 Å². The van der Waals surface area contributed by atoms with E-state index in [4.69, 9.17) is 4.42 Å². The first kappa shape index (κ1) is 16.6. The molecule has 0 aliphatic carbocycles. The first-order valence-corrected chi connectivity index (χ1v) is 8.34. The predicted molar refractivity (Wildman–Crippen MR) is 78.0 cm³/mol. The molecule has 2 rings (SSSR count). The molecular formula is C14H18FN3O3S. The zero-order valence-electron chi connectivity index (χ0n) is 12.6. The topological polar surface area (TPSA) is 85.1 Å². The summed E-state index contributed by atoms with van der Waals surface area (Å²) in [7, 11) is -3.81. The van der Waals surface area contributed by atoms with E-state index in [2.05, 4.69) is 14.9 Å². The van der Waals surface area contributed by atoms with Gasteiger partial charge < -0.3 is 4.42 Å². The second kappa shape index (κ2) is 6.53. The van der Waals surface area contributed by atoms with Gasteiger partial charge in [0.15, 0.2) is 0 Å². The third-order valence-corrected chi connectivity index (χ3v) is 4.46. The molecular weight excluding hydrogens is 309 g/mol. The first-order valence-electron chi connectivity index (χ1n) is 6.86. The molecule has 0 radical (unpaired) electrons. The number of sulfonamides is 1. The van der Waals surface area contributed by atoms with Crippen LogP contribution in [0.5, 0.6) is 0 Å². The third kappa shape index (κ3) is 4.11. The van der Waals surface area contributed by atoms with E-state index in [9.17, 15) is 12.8 Å². The summed E-state index contributed by atoms with van der Waals surface area (Å²) in [5.41, 5.74) is 0. The molecule has 0 fully saturated rings. The van der Waals surface area contributed by atoms with Gasteiger partial charge in [-0.3, -0.25) is 0 Å². The van der Waals surface area contributed by atoms with Gasteiger partial charge in [-0.1, -0.05) is 13.8 Å². The Labute approximate surface area is 128 Å². The smallest absolute Gasteiger partial charge is 0.241 e. The largest absolute Gasteiger partial charge is 0.424 e. The van der Waals surface area contributed by atoms with Gasteiger partial charge in [-0.05, 0) is 36.6 Å². The van der Waals surface area contributed by atoms with Crippen LogP contribution in [0.25, 0.3) is 0 Å². The molecule has 1 aromatic carbocycles. The summed E-state index contributed by atoms with van der Waals surface area (Å²) in [5, 5.41) is 7.62. The monoisotopic (exact) mass is 327 g/mol. The lowest BCUT2D eigenvalue weighted by Crippen LogP contribution is -2.30. The van der Waals surface area contributed by atoms with E-state index in [1.54, 1.807) is 6.92 Å². The number of nitrogens with zero attached hydrogens (tertiary/aromatic N) is 2. The number of halogens is 1. The van der Waals surface area contributed by atoms with E-state index in [-0.39, 0.29) is 16.7 Å². The van der Waals surface area contributed by atoms with E-state index >= 15 is 0 Å². The molecule has 0 aliphatic rings.